The number of rotatable bonds is 4. The fourth-order valence-corrected chi connectivity index (χ4v) is 8.70. The van der Waals surface area contributed by atoms with Crippen molar-refractivity contribution in [2.75, 3.05) is 0 Å². The number of fused-ring (bicyclic) bond motifs is 9. The molecule has 0 fully saturated rings. The van der Waals surface area contributed by atoms with Crippen molar-refractivity contribution < 1.29 is 5.11 Å². The minimum Gasteiger partial charge on any atom is -0.508 e. The first-order chi connectivity index (χ1) is 25.2. The lowest BCUT2D eigenvalue weighted by Gasteiger charge is -2.25. The molecule has 0 amide bonds. The molecule has 0 radical (unpaired) electrons. The summed E-state index contributed by atoms with van der Waals surface area (Å²) in [5.41, 5.74) is 7.18. The van der Waals surface area contributed by atoms with Gasteiger partial charge in [0.1, 0.15) is 5.76 Å². The summed E-state index contributed by atoms with van der Waals surface area (Å²) in [5.74, 6) is 0.783. The molecule has 2 aliphatic carbocycles. The van der Waals surface area contributed by atoms with Crippen LogP contribution in [0.25, 0.3) is 65.0 Å². The lowest BCUT2D eigenvalue weighted by molar-refractivity contribution is 0.416. The van der Waals surface area contributed by atoms with Crippen LogP contribution in [0.3, 0.4) is 0 Å². The van der Waals surface area contributed by atoms with Crippen LogP contribution in [0.15, 0.2) is 193 Å². The van der Waals surface area contributed by atoms with Crippen LogP contribution in [0.1, 0.15) is 35.8 Å². The van der Waals surface area contributed by atoms with Crippen LogP contribution in [-0.2, 0) is 0 Å². The zero-order valence-corrected chi connectivity index (χ0v) is 28.3. The smallest absolute Gasteiger partial charge is 0.118 e. The SMILES string of the molecule is OC1=CCC(c2cccc(-c3cc4ccccc4c4ccccc34)c2)C=C1C1=CC=CC(c2ccc3c4ccccc4c4ccccc4c3c2)C1. The van der Waals surface area contributed by atoms with E-state index in [1.54, 1.807) is 0 Å². The highest BCUT2D eigenvalue weighted by atomic mass is 16.3. The maximum Gasteiger partial charge on any atom is 0.118 e. The minimum atomic E-state index is 0.174. The molecule has 1 nitrogen and oxygen atoms in total. The highest BCUT2D eigenvalue weighted by Gasteiger charge is 2.24. The van der Waals surface area contributed by atoms with E-state index in [1.807, 2.05) is 6.08 Å². The van der Waals surface area contributed by atoms with E-state index in [9.17, 15) is 5.11 Å². The zero-order chi connectivity index (χ0) is 33.9. The molecule has 0 aliphatic heterocycles. The summed E-state index contributed by atoms with van der Waals surface area (Å²) in [6.45, 7) is 0. The van der Waals surface area contributed by atoms with E-state index in [2.05, 4.69) is 170 Å². The predicted molar refractivity (Wildman–Crippen MR) is 217 cm³/mol. The van der Waals surface area contributed by atoms with Crippen LogP contribution in [0.5, 0.6) is 0 Å². The van der Waals surface area contributed by atoms with Crippen molar-refractivity contribution in [3.05, 3.63) is 204 Å². The van der Waals surface area contributed by atoms with Gasteiger partial charge < -0.3 is 5.11 Å². The molecular formula is C50H36O. The summed E-state index contributed by atoms with van der Waals surface area (Å²) in [5, 5.41) is 24.1. The Bertz CT molecular complexity index is 2790. The monoisotopic (exact) mass is 652 g/mol. The van der Waals surface area contributed by atoms with Crippen LogP contribution in [0.4, 0.5) is 0 Å². The Morgan fingerprint density at radius 2 is 1.10 bits per heavy atom. The summed E-state index contributed by atoms with van der Waals surface area (Å²) >= 11 is 0. The largest absolute Gasteiger partial charge is 0.508 e. The number of aliphatic hydroxyl groups is 1. The van der Waals surface area contributed by atoms with Gasteiger partial charge in [-0.25, -0.2) is 0 Å². The second-order valence-electron chi connectivity index (χ2n) is 14.1. The molecule has 0 saturated heterocycles. The van der Waals surface area contributed by atoms with Gasteiger partial charge in [-0.2, -0.15) is 0 Å². The minimum absolute atomic E-state index is 0.174. The van der Waals surface area contributed by atoms with Gasteiger partial charge in [0, 0.05) is 17.4 Å². The van der Waals surface area contributed by atoms with Crippen LogP contribution in [-0.4, -0.2) is 5.11 Å². The van der Waals surface area contributed by atoms with E-state index in [0.717, 1.165) is 18.4 Å². The molecule has 1 N–H and O–H groups in total. The summed E-state index contributed by atoms with van der Waals surface area (Å²) < 4.78 is 0. The first kappa shape index (κ1) is 29.7. The molecule has 8 aromatic carbocycles. The quantitative estimate of drug-likeness (QED) is 0.188. The second-order valence-corrected chi connectivity index (χ2v) is 14.1. The van der Waals surface area contributed by atoms with Gasteiger partial charge in [0.15, 0.2) is 0 Å². The van der Waals surface area contributed by atoms with Gasteiger partial charge in [0.05, 0.1) is 0 Å². The lowest BCUT2D eigenvalue weighted by Crippen LogP contribution is -2.09. The highest BCUT2D eigenvalue weighted by Crippen LogP contribution is 2.42. The van der Waals surface area contributed by atoms with Crippen molar-refractivity contribution in [2.45, 2.75) is 24.7 Å². The lowest BCUT2D eigenvalue weighted by atomic mass is 9.80. The molecule has 242 valence electrons. The Labute approximate surface area is 297 Å². The summed E-state index contributed by atoms with van der Waals surface area (Å²) in [7, 11) is 0. The van der Waals surface area contributed by atoms with Gasteiger partial charge in [-0.15, -0.1) is 0 Å². The van der Waals surface area contributed by atoms with Gasteiger partial charge in [0.2, 0.25) is 0 Å². The molecule has 51 heavy (non-hydrogen) atoms. The molecule has 1 heteroatoms. The summed E-state index contributed by atoms with van der Waals surface area (Å²) in [4.78, 5) is 0. The Balaban J connectivity index is 0.991. The van der Waals surface area contributed by atoms with Crippen LogP contribution in [0, 0.1) is 0 Å². The summed E-state index contributed by atoms with van der Waals surface area (Å²) in [6, 6.07) is 53.3. The van der Waals surface area contributed by atoms with E-state index in [4.69, 9.17) is 0 Å². The number of allylic oxidation sites excluding steroid dienone is 6. The fraction of sp³-hybridized carbons (Fsp3) is 0.0800. The van der Waals surface area contributed by atoms with Gasteiger partial charge in [0.25, 0.3) is 0 Å². The predicted octanol–water partition coefficient (Wildman–Crippen LogP) is 13.6. The van der Waals surface area contributed by atoms with Crippen molar-refractivity contribution >= 4 is 53.9 Å². The molecule has 0 heterocycles. The molecule has 2 aliphatic rings. The Morgan fingerprint density at radius 1 is 0.490 bits per heavy atom. The van der Waals surface area contributed by atoms with Crippen molar-refractivity contribution in [1.29, 1.82) is 0 Å². The van der Waals surface area contributed by atoms with Gasteiger partial charge in [-0.3, -0.25) is 0 Å². The second kappa shape index (κ2) is 12.0. The number of benzene rings is 8. The topological polar surface area (TPSA) is 20.2 Å². The molecule has 0 spiro atoms. The Kier molecular flexibility index (Phi) is 6.99. The fourth-order valence-electron chi connectivity index (χ4n) is 8.70. The average molecular weight is 653 g/mol. The molecule has 8 aromatic rings. The van der Waals surface area contributed by atoms with Gasteiger partial charge >= 0.3 is 0 Å². The van der Waals surface area contributed by atoms with Crippen molar-refractivity contribution in [1.82, 2.24) is 0 Å². The third-order valence-electron chi connectivity index (χ3n) is 11.2. The molecule has 2 atom stereocenters. The molecular weight excluding hydrogens is 617 g/mol. The van der Waals surface area contributed by atoms with E-state index in [1.165, 1.54) is 81.7 Å². The first-order valence-corrected chi connectivity index (χ1v) is 18.0. The maximum atomic E-state index is 11.3. The number of hydrogen-bond acceptors (Lipinski definition) is 1. The van der Waals surface area contributed by atoms with Gasteiger partial charge in [-0.05, 0) is 113 Å². The number of hydrogen-bond donors (Lipinski definition) is 1. The maximum absolute atomic E-state index is 11.3. The van der Waals surface area contributed by atoms with Gasteiger partial charge in [-0.1, -0.05) is 158 Å². The van der Waals surface area contributed by atoms with Crippen LogP contribution >= 0.6 is 0 Å². The number of aliphatic hydroxyl groups excluding tert-OH is 1. The zero-order valence-electron chi connectivity index (χ0n) is 28.3. The molecule has 0 saturated carbocycles. The third kappa shape index (κ3) is 5.00. The molecule has 10 rings (SSSR count). The Morgan fingerprint density at radius 3 is 1.84 bits per heavy atom. The molecule has 2 unspecified atom stereocenters. The Hall–Kier alpha value is -6.18. The van der Waals surface area contributed by atoms with Crippen LogP contribution in [0.2, 0.25) is 0 Å². The standard InChI is InChI=1S/C50H36O/c51-50-26-24-35(32-12-9-14-36(27-32)47-31-38-11-1-2-16-39(38)40-17-3-7-21-44(40)47)29-48(50)37-15-10-13-33(28-37)34-23-25-46-43-20-5-4-18-41(43)42-19-6-8-22-45(42)49(46)30-34/h1-23,25-27,29-31,33,35,51H,24,28H2. The molecule has 0 bridgehead atoms. The van der Waals surface area contributed by atoms with E-state index in [0.29, 0.717) is 5.76 Å². The van der Waals surface area contributed by atoms with E-state index in [-0.39, 0.29) is 11.8 Å². The van der Waals surface area contributed by atoms with Crippen molar-refractivity contribution in [3.8, 4) is 11.1 Å². The molecule has 0 aromatic heterocycles. The first-order valence-electron chi connectivity index (χ1n) is 18.0. The highest BCUT2D eigenvalue weighted by molar-refractivity contribution is 6.25. The van der Waals surface area contributed by atoms with Crippen molar-refractivity contribution in [2.24, 2.45) is 0 Å². The van der Waals surface area contributed by atoms with E-state index >= 15 is 0 Å². The third-order valence-corrected chi connectivity index (χ3v) is 11.2. The summed E-state index contributed by atoms with van der Waals surface area (Å²) in [6.07, 6.45) is 12.6. The normalized spacial score (nSPS) is 17.6. The van der Waals surface area contributed by atoms with E-state index < -0.39 is 0 Å². The average Bonchev–Trinajstić information content (AvgIpc) is 3.21. The van der Waals surface area contributed by atoms with Crippen LogP contribution < -0.4 is 0 Å². The van der Waals surface area contributed by atoms with Crippen molar-refractivity contribution in [3.63, 3.8) is 0 Å².